The Bertz CT molecular complexity index is 377. The maximum Gasteiger partial charge on any atom is 0.269 e. The molecule has 0 aliphatic carbocycles. The molecule has 2 atom stereocenters. The summed E-state index contributed by atoms with van der Waals surface area (Å²) >= 11 is 0. The standard InChI is InChI=1S/C10H11NO5/c12-9-5-15-6-16-10(9)7-1-3-8(4-2-7)11(13)14/h1-4,9-10,12H,5-6H2. The molecular weight excluding hydrogens is 214 g/mol. The van der Waals surface area contributed by atoms with Crippen LogP contribution in [0.2, 0.25) is 0 Å². The van der Waals surface area contributed by atoms with E-state index in [1.54, 1.807) is 12.1 Å². The molecule has 2 rings (SSSR count). The molecule has 1 aliphatic rings. The van der Waals surface area contributed by atoms with E-state index in [-0.39, 0.29) is 19.1 Å². The van der Waals surface area contributed by atoms with Crippen molar-refractivity contribution in [3.63, 3.8) is 0 Å². The zero-order valence-corrected chi connectivity index (χ0v) is 8.41. The van der Waals surface area contributed by atoms with Gasteiger partial charge in [-0.3, -0.25) is 10.1 Å². The van der Waals surface area contributed by atoms with Gasteiger partial charge in [0.25, 0.3) is 5.69 Å². The number of rotatable bonds is 2. The van der Waals surface area contributed by atoms with Crippen molar-refractivity contribution >= 4 is 5.69 Å². The second-order valence-corrected chi connectivity index (χ2v) is 3.49. The maximum atomic E-state index is 10.5. The Hall–Kier alpha value is -1.50. The Kier molecular flexibility index (Phi) is 3.14. The summed E-state index contributed by atoms with van der Waals surface area (Å²) in [6.45, 7) is 0.334. The second-order valence-electron chi connectivity index (χ2n) is 3.49. The second kappa shape index (κ2) is 4.56. The summed E-state index contributed by atoms with van der Waals surface area (Å²) in [6.07, 6.45) is -1.22. The average molecular weight is 225 g/mol. The lowest BCUT2D eigenvalue weighted by molar-refractivity contribution is -0.384. The Labute approximate surface area is 91.6 Å². The lowest BCUT2D eigenvalue weighted by Gasteiger charge is -2.28. The van der Waals surface area contributed by atoms with Crippen LogP contribution < -0.4 is 0 Å². The molecule has 0 amide bonds. The number of nitrogens with zero attached hydrogens (tertiary/aromatic N) is 1. The zero-order chi connectivity index (χ0) is 11.5. The van der Waals surface area contributed by atoms with Crippen molar-refractivity contribution in [1.29, 1.82) is 0 Å². The van der Waals surface area contributed by atoms with Gasteiger partial charge in [-0.25, -0.2) is 0 Å². The molecule has 2 unspecified atom stereocenters. The number of aliphatic hydroxyl groups is 1. The van der Waals surface area contributed by atoms with Crippen molar-refractivity contribution in [3.8, 4) is 0 Å². The third kappa shape index (κ3) is 2.19. The fourth-order valence-electron chi connectivity index (χ4n) is 1.59. The minimum absolute atomic E-state index is 0.0188. The van der Waals surface area contributed by atoms with Gasteiger partial charge in [0, 0.05) is 12.1 Å². The zero-order valence-electron chi connectivity index (χ0n) is 8.41. The highest BCUT2D eigenvalue weighted by Crippen LogP contribution is 2.26. The Morgan fingerprint density at radius 2 is 2.06 bits per heavy atom. The highest BCUT2D eigenvalue weighted by atomic mass is 16.7. The van der Waals surface area contributed by atoms with Gasteiger partial charge in [0.1, 0.15) is 19.0 Å². The summed E-state index contributed by atoms with van der Waals surface area (Å²) < 4.78 is 10.1. The molecule has 6 heteroatoms. The number of ether oxygens (including phenoxy) is 2. The molecule has 0 aromatic heterocycles. The third-order valence-corrected chi connectivity index (χ3v) is 2.40. The van der Waals surface area contributed by atoms with Crippen molar-refractivity contribution in [2.24, 2.45) is 0 Å². The Balaban J connectivity index is 2.17. The molecule has 6 nitrogen and oxygen atoms in total. The van der Waals surface area contributed by atoms with Crippen LogP contribution in [0.4, 0.5) is 5.69 Å². The van der Waals surface area contributed by atoms with Crippen LogP contribution in [-0.4, -0.2) is 29.5 Å². The Morgan fingerprint density at radius 3 is 2.62 bits per heavy atom. The van der Waals surface area contributed by atoms with Gasteiger partial charge in [-0.2, -0.15) is 0 Å². The minimum Gasteiger partial charge on any atom is -0.388 e. The first kappa shape index (κ1) is 11.0. The fraction of sp³-hybridized carbons (Fsp3) is 0.400. The predicted molar refractivity (Wildman–Crippen MR) is 53.7 cm³/mol. The summed E-state index contributed by atoms with van der Waals surface area (Å²) in [5.41, 5.74) is 0.728. The quantitative estimate of drug-likeness (QED) is 0.599. The average Bonchev–Trinajstić information content (AvgIpc) is 2.30. The smallest absolute Gasteiger partial charge is 0.269 e. The number of aliphatic hydroxyl groups excluding tert-OH is 1. The largest absolute Gasteiger partial charge is 0.388 e. The number of benzene rings is 1. The van der Waals surface area contributed by atoms with Gasteiger partial charge in [-0.1, -0.05) is 0 Å². The van der Waals surface area contributed by atoms with Gasteiger partial charge in [0.05, 0.1) is 11.5 Å². The van der Waals surface area contributed by atoms with Crippen molar-refractivity contribution in [1.82, 2.24) is 0 Å². The molecule has 1 aromatic carbocycles. The van der Waals surface area contributed by atoms with E-state index in [9.17, 15) is 15.2 Å². The molecular formula is C10H11NO5. The normalized spacial score (nSPS) is 25.3. The molecule has 0 saturated carbocycles. The summed E-state index contributed by atoms with van der Waals surface area (Å²) in [7, 11) is 0. The SMILES string of the molecule is O=[N+]([O-])c1ccc(C2OCOCC2O)cc1. The number of hydrogen-bond donors (Lipinski definition) is 1. The first-order valence-electron chi connectivity index (χ1n) is 4.80. The lowest BCUT2D eigenvalue weighted by atomic mass is 10.0. The van der Waals surface area contributed by atoms with Crippen LogP contribution in [0.15, 0.2) is 24.3 Å². The predicted octanol–water partition coefficient (Wildman–Crippen LogP) is 1.00. The third-order valence-electron chi connectivity index (χ3n) is 2.40. The van der Waals surface area contributed by atoms with Gasteiger partial charge in [-0.05, 0) is 17.7 Å². The minimum atomic E-state index is -0.741. The molecule has 1 aromatic rings. The van der Waals surface area contributed by atoms with E-state index in [0.29, 0.717) is 5.56 Å². The van der Waals surface area contributed by atoms with Crippen molar-refractivity contribution in [3.05, 3.63) is 39.9 Å². The van der Waals surface area contributed by atoms with Gasteiger partial charge in [0.15, 0.2) is 0 Å². The number of nitro groups is 1. The van der Waals surface area contributed by atoms with Gasteiger partial charge in [-0.15, -0.1) is 0 Å². The van der Waals surface area contributed by atoms with E-state index >= 15 is 0 Å². The van der Waals surface area contributed by atoms with Gasteiger partial charge < -0.3 is 14.6 Å². The van der Waals surface area contributed by atoms with E-state index in [2.05, 4.69) is 0 Å². The van der Waals surface area contributed by atoms with Crippen LogP contribution in [0.3, 0.4) is 0 Å². The first-order valence-corrected chi connectivity index (χ1v) is 4.80. The van der Waals surface area contributed by atoms with Crippen molar-refractivity contribution in [2.75, 3.05) is 13.4 Å². The highest BCUT2D eigenvalue weighted by molar-refractivity contribution is 5.34. The maximum absolute atomic E-state index is 10.5. The fourth-order valence-corrected chi connectivity index (χ4v) is 1.59. The topological polar surface area (TPSA) is 81.8 Å². The summed E-state index contributed by atoms with van der Waals surface area (Å²) in [6, 6.07) is 5.94. The van der Waals surface area contributed by atoms with Crippen LogP contribution in [0.1, 0.15) is 11.7 Å². The van der Waals surface area contributed by atoms with Crippen LogP contribution in [0.5, 0.6) is 0 Å². The van der Waals surface area contributed by atoms with Crippen molar-refractivity contribution < 1.29 is 19.5 Å². The highest BCUT2D eigenvalue weighted by Gasteiger charge is 2.26. The van der Waals surface area contributed by atoms with Crippen LogP contribution in [0.25, 0.3) is 0 Å². The summed E-state index contributed by atoms with van der Waals surface area (Å²) in [5, 5.41) is 20.1. The molecule has 1 fully saturated rings. The summed E-state index contributed by atoms with van der Waals surface area (Å²) in [4.78, 5) is 9.99. The van der Waals surface area contributed by atoms with E-state index in [0.717, 1.165) is 0 Å². The van der Waals surface area contributed by atoms with Crippen molar-refractivity contribution in [2.45, 2.75) is 12.2 Å². The van der Waals surface area contributed by atoms with Crippen LogP contribution >= 0.6 is 0 Å². The first-order chi connectivity index (χ1) is 7.68. The molecule has 0 bridgehead atoms. The number of nitro benzene ring substituents is 1. The van der Waals surface area contributed by atoms with Gasteiger partial charge >= 0.3 is 0 Å². The molecule has 0 spiro atoms. The van der Waals surface area contributed by atoms with E-state index in [1.165, 1.54) is 12.1 Å². The molecule has 1 heterocycles. The number of non-ortho nitro benzene ring substituents is 1. The van der Waals surface area contributed by atoms with E-state index < -0.39 is 17.1 Å². The van der Waals surface area contributed by atoms with Crippen LogP contribution in [0, 0.1) is 10.1 Å². The van der Waals surface area contributed by atoms with Gasteiger partial charge in [0.2, 0.25) is 0 Å². The molecule has 0 radical (unpaired) electrons. The molecule has 1 aliphatic heterocycles. The van der Waals surface area contributed by atoms with E-state index in [1.807, 2.05) is 0 Å². The Morgan fingerprint density at radius 1 is 1.38 bits per heavy atom. The number of hydrogen-bond acceptors (Lipinski definition) is 5. The molecule has 86 valence electrons. The summed E-state index contributed by atoms with van der Waals surface area (Å²) in [5.74, 6) is 0. The van der Waals surface area contributed by atoms with E-state index in [4.69, 9.17) is 9.47 Å². The lowest BCUT2D eigenvalue weighted by Crippen LogP contribution is -2.32. The molecule has 1 N–H and O–H groups in total. The molecule has 1 saturated heterocycles. The van der Waals surface area contributed by atoms with Crippen LogP contribution in [-0.2, 0) is 9.47 Å². The monoisotopic (exact) mass is 225 g/mol. The molecule has 16 heavy (non-hydrogen) atoms.